The van der Waals surface area contributed by atoms with Gasteiger partial charge < -0.3 is 15.7 Å². The number of piperidine rings is 1. The van der Waals surface area contributed by atoms with Crippen LogP contribution >= 0.6 is 0 Å². The molecule has 15 heavy (non-hydrogen) atoms. The third-order valence-corrected chi connectivity index (χ3v) is 3.55. The van der Waals surface area contributed by atoms with Crippen LogP contribution in [0.15, 0.2) is 0 Å². The number of carbonyl (C=O) groups is 1. The Morgan fingerprint density at radius 2 is 2.13 bits per heavy atom. The van der Waals surface area contributed by atoms with Gasteiger partial charge >= 0.3 is 0 Å². The summed E-state index contributed by atoms with van der Waals surface area (Å²) in [4.78, 5) is 13.2. The number of aliphatic hydroxyl groups excluding tert-OH is 1. The minimum absolute atomic E-state index is 0.0164. The van der Waals surface area contributed by atoms with Gasteiger partial charge in [-0.2, -0.15) is 0 Å². The van der Waals surface area contributed by atoms with Gasteiger partial charge in [0, 0.05) is 19.0 Å². The van der Waals surface area contributed by atoms with E-state index in [0.717, 1.165) is 12.3 Å². The van der Waals surface area contributed by atoms with Crippen molar-refractivity contribution in [3.63, 3.8) is 0 Å². The molecule has 2 aliphatic rings. The molecule has 0 aromatic rings. The first kappa shape index (κ1) is 10.9. The molecule has 0 aromatic heterocycles. The van der Waals surface area contributed by atoms with Crippen molar-refractivity contribution in [1.29, 1.82) is 0 Å². The van der Waals surface area contributed by atoms with Crippen molar-refractivity contribution in [3.8, 4) is 0 Å². The lowest BCUT2D eigenvalue weighted by Crippen LogP contribution is -2.48. The van der Waals surface area contributed by atoms with Crippen LogP contribution in [0.1, 0.15) is 25.7 Å². The zero-order valence-corrected chi connectivity index (χ0v) is 9.06. The molecule has 1 amide bonds. The van der Waals surface area contributed by atoms with Crippen LogP contribution < -0.4 is 5.73 Å². The van der Waals surface area contributed by atoms with Gasteiger partial charge in [-0.25, -0.2) is 0 Å². The highest BCUT2D eigenvalue weighted by Crippen LogP contribution is 2.37. The standard InChI is InChI=1S/C11H20N2O2/c12-6-11(15)13-4-3-10(14)9(7-13)5-8-1-2-8/h8-10,14H,1-7,12H2/t9-,10+/m1/s1. The van der Waals surface area contributed by atoms with Gasteiger partial charge in [0.05, 0.1) is 12.6 Å². The molecule has 2 rings (SSSR count). The fourth-order valence-corrected chi connectivity index (χ4v) is 2.39. The number of aliphatic hydroxyl groups is 1. The molecule has 2 fully saturated rings. The molecular weight excluding hydrogens is 192 g/mol. The summed E-state index contributed by atoms with van der Waals surface area (Å²) in [6.07, 6.45) is 4.17. The first-order valence-corrected chi connectivity index (χ1v) is 5.86. The van der Waals surface area contributed by atoms with Crippen LogP contribution in [0, 0.1) is 11.8 Å². The Morgan fingerprint density at radius 3 is 2.73 bits per heavy atom. The Hall–Kier alpha value is -0.610. The zero-order chi connectivity index (χ0) is 10.8. The zero-order valence-electron chi connectivity index (χ0n) is 9.06. The lowest BCUT2D eigenvalue weighted by atomic mass is 9.90. The lowest BCUT2D eigenvalue weighted by molar-refractivity contribution is -0.133. The predicted octanol–water partition coefficient (Wildman–Crippen LogP) is -0.0454. The number of likely N-dealkylation sites (tertiary alicyclic amines) is 1. The summed E-state index contributed by atoms with van der Waals surface area (Å²) in [6, 6.07) is 0. The third-order valence-electron chi connectivity index (χ3n) is 3.55. The minimum Gasteiger partial charge on any atom is -0.393 e. The summed E-state index contributed by atoms with van der Waals surface area (Å²) in [7, 11) is 0. The number of amides is 1. The molecule has 1 aliphatic heterocycles. The van der Waals surface area contributed by atoms with Gasteiger partial charge in [0.2, 0.25) is 5.91 Å². The second-order valence-corrected chi connectivity index (χ2v) is 4.84. The molecule has 0 aromatic carbocycles. The largest absolute Gasteiger partial charge is 0.393 e. The van der Waals surface area contributed by atoms with Crippen molar-refractivity contribution < 1.29 is 9.90 Å². The Morgan fingerprint density at radius 1 is 1.40 bits per heavy atom. The molecule has 0 bridgehead atoms. The Kier molecular flexibility index (Phi) is 3.26. The Bertz CT molecular complexity index is 241. The summed E-state index contributed by atoms with van der Waals surface area (Å²) in [5, 5.41) is 9.85. The van der Waals surface area contributed by atoms with Crippen molar-refractivity contribution in [3.05, 3.63) is 0 Å². The Balaban J connectivity index is 1.87. The topological polar surface area (TPSA) is 66.6 Å². The highest BCUT2D eigenvalue weighted by atomic mass is 16.3. The van der Waals surface area contributed by atoms with E-state index in [1.165, 1.54) is 12.8 Å². The second kappa shape index (κ2) is 4.49. The number of hydrogen-bond acceptors (Lipinski definition) is 3. The predicted molar refractivity (Wildman–Crippen MR) is 57.1 cm³/mol. The van der Waals surface area contributed by atoms with Gasteiger partial charge in [-0.1, -0.05) is 12.8 Å². The monoisotopic (exact) mass is 212 g/mol. The summed E-state index contributed by atoms with van der Waals surface area (Å²) in [5.74, 6) is 1.10. The number of nitrogens with two attached hydrogens (primary N) is 1. The summed E-state index contributed by atoms with van der Waals surface area (Å²) >= 11 is 0. The lowest BCUT2D eigenvalue weighted by Gasteiger charge is -2.36. The number of hydrogen-bond donors (Lipinski definition) is 2. The average Bonchev–Trinajstić information content (AvgIpc) is 3.04. The molecule has 4 nitrogen and oxygen atoms in total. The molecule has 4 heteroatoms. The first-order chi connectivity index (χ1) is 7.20. The van der Waals surface area contributed by atoms with Gasteiger partial charge in [-0.15, -0.1) is 0 Å². The highest BCUT2D eigenvalue weighted by molar-refractivity contribution is 5.78. The van der Waals surface area contributed by atoms with Crippen LogP contribution in [0.5, 0.6) is 0 Å². The maximum atomic E-state index is 11.4. The smallest absolute Gasteiger partial charge is 0.236 e. The first-order valence-electron chi connectivity index (χ1n) is 5.86. The van der Waals surface area contributed by atoms with E-state index in [9.17, 15) is 9.90 Å². The quantitative estimate of drug-likeness (QED) is 0.689. The summed E-state index contributed by atoms with van der Waals surface area (Å²) in [5.41, 5.74) is 5.34. The molecular formula is C11H20N2O2. The van der Waals surface area contributed by atoms with Crippen molar-refractivity contribution in [2.45, 2.75) is 31.8 Å². The maximum absolute atomic E-state index is 11.4. The molecule has 1 saturated carbocycles. The maximum Gasteiger partial charge on any atom is 0.236 e. The minimum atomic E-state index is -0.215. The van der Waals surface area contributed by atoms with Gasteiger partial charge in [0.1, 0.15) is 0 Å². The van der Waals surface area contributed by atoms with Crippen LogP contribution in [0.3, 0.4) is 0 Å². The van der Waals surface area contributed by atoms with Gasteiger partial charge in [0.25, 0.3) is 0 Å². The average molecular weight is 212 g/mol. The van der Waals surface area contributed by atoms with E-state index >= 15 is 0 Å². The molecule has 0 spiro atoms. The third kappa shape index (κ3) is 2.69. The number of nitrogens with zero attached hydrogens (tertiary/aromatic N) is 1. The Labute approximate surface area is 90.4 Å². The van der Waals surface area contributed by atoms with E-state index in [4.69, 9.17) is 5.73 Å². The van der Waals surface area contributed by atoms with Crippen LogP contribution in [0.25, 0.3) is 0 Å². The summed E-state index contributed by atoms with van der Waals surface area (Å²) < 4.78 is 0. The van der Waals surface area contributed by atoms with Crippen molar-refractivity contribution in [2.75, 3.05) is 19.6 Å². The molecule has 1 aliphatic carbocycles. The molecule has 1 heterocycles. The number of carbonyl (C=O) groups excluding carboxylic acids is 1. The van der Waals surface area contributed by atoms with E-state index in [1.807, 2.05) is 0 Å². The van der Waals surface area contributed by atoms with Crippen LogP contribution in [-0.2, 0) is 4.79 Å². The SMILES string of the molecule is NCC(=O)N1CC[C@H](O)[C@H](CC2CC2)C1. The van der Waals surface area contributed by atoms with E-state index in [2.05, 4.69) is 0 Å². The van der Waals surface area contributed by atoms with Gasteiger partial charge in [0.15, 0.2) is 0 Å². The van der Waals surface area contributed by atoms with Crippen LogP contribution in [0.4, 0.5) is 0 Å². The summed E-state index contributed by atoms with van der Waals surface area (Å²) in [6.45, 7) is 1.46. The van der Waals surface area contributed by atoms with E-state index in [1.54, 1.807) is 4.90 Å². The van der Waals surface area contributed by atoms with Crippen molar-refractivity contribution in [2.24, 2.45) is 17.6 Å². The molecule has 0 radical (unpaired) electrons. The van der Waals surface area contributed by atoms with E-state index < -0.39 is 0 Å². The van der Waals surface area contributed by atoms with Crippen molar-refractivity contribution in [1.82, 2.24) is 4.90 Å². The van der Waals surface area contributed by atoms with Crippen LogP contribution in [0.2, 0.25) is 0 Å². The van der Waals surface area contributed by atoms with Crippen molar-refractivity contribution >= 4 is 5.91 Å². The highest BCUT2D eigenvalue weighted by Gasteiger charge is 2.34. The van der Waals surface area contributed by atoms with E-state index in [-0.39, 0.29) is 24.5 Å². The fraction of sp³-hybridized carbons (Fsp3) is 0.909. The van der Waals surface area contributed by atoms with E-state index in [0.29, 0.717) is 19.5 Å². The normalized spacial score (nSPS) is 31.7. The molecule has 0 unspecified atom stereocenters. The molecule has 1 saturated heterocycles. The van der Waals surface area contributed by atoms with Gasteiger partial charge in [-0.3, -0.25) is 4.79 Å². The molecule has 3 N–H and O–H groups in total. The second-order valence-electron chi connectivity index (χ2n) is 4.84. The van der Waals surface area contributed by atoms with Crippen LogP contribution in [-0.4, -0.2) is 41.7 Å². The van der Waals surface area contributed by atoms with Gasteiger partial charge in [-0.05, 0) is 18.8 Å². The fourth-order valence-electron chi connectivity index (χ4n) is 2.39. The molecule has 86 valence electrons. The number of rotatable bonds is 3. The molecule has 2 atom stereocenters.